The summed E-state index contributed by atoms with van der Waals surface area (Å²) in [5, 5.41) is 0. The number of nitrogens with zero attached hydrogens (tertiary/aromatic N) is 1. The van der Waals surface area contributed by atoms with Crippen LogP contribution in [0.15, 0.2) is 4.79 Å². The van der Waals surface area contributed by atoms with Crippen LogP contribution in [-0.2, 0) is 4.74 Å². The van der Waals surface area contributed by atoms with Gasteiger partial charge < -0.3 is 9.72 Å². The van der Waals surface area contributed by atoms with Crippen molar-refractivity contribution in [3.63, 3.8) is 0 Å². The van der Waals surface area contributed by atoms with Gasteiger partial charge in [0.05, 0.1) is 12.3 Å². The smallest absolute Gasteiger partial charge is 0.287 e. The number of aromatic nitrogens is 2. The molecule has 0 aliphatic carbocycles. The van der Waals surface area contributed by atoms with Gasteiger partial charge in [-0.2, -0.15) is 4.39 Å². The van der Waals surface area contributed by atoms with Gasteiger partial charge in [-0.1, -0.05) is 6.92 Å². The van der Waals surface area contributed by atoms with E-state index < -0.39 is 11.4 Å². The highest BCUT2D eigenvalue weighted by Crippen LogP contribution is 2.09. The molecule has 0 saturated heterocycles. The van der Waals surface area contributed by atoms with Crippen LogP contribution in [-0.4, -0.2) is 23.7 Å². The van der Waals surface area contributed by atoms with Crippen LogP contribution in [0.5, 0.6) is 0 Å². The van der Waals surface area contributed by atoms with Crippen molar-refractivity contribution in [2.75, 3.05) is 13.7 Å². The van der Waals surface area contributed by atoms with Crippen LogP contribution in [0, 0.1) is 12.7 Å². The van der Waals surface area contributed by atoms with Gasteiger partial charge in [0, 0.05) is 13.0 Å². The second-order valence-corrected chi connectivity index (χ2v) is 3.21. The van der Waals surface area contributed by atoms with Crippen molar-refractivity contribution in [2.45, 2.75) is 19.8 Å². The molecular formula is C9H13FN2O2. The van der Waals surface area contributed by atoms with Crippen LogP contribution in [0.3, 0.4) is 0 Å². The van der Waals surface area contributed by atoms with Crippen LogP contribution < -0.4 is 5.56 Å². The van der Waals surface area contributed by atoms with Crippen molar-refractivity contribution in [2.24, 2.45) is 0 Å². The third-order valence-corrected chi connectivity index (χ3v) is 1.93. The van der Waals surface area contributed by atoms with E-state index in [2.05, 4.69) is 9.97 Å². The van der Waals surface area contributed by atoms with Gasteiger partial charge in [0.25, 0.3) is 5.56 Å². The molecule has 1 N–H and O–H groups in total. The van der Waals surface area contributed by atoms with Gasteiger partial charge in [0.1, 0.15) is 5.82 Å². The number of hydrogen-bond acceptors (Lipinski definition) is 3. The Morgan fingerprint density at radius 1 is 1.64 bits per heavy atom. The summed E-state index contributed by atoms with van der Waals surface area (Å²) in [6, 6.07) is 0. The van der Waals surface area contributed by atoms with Crippen molar-refractivity contribution in [3.8, 4) is 0 Å². The Kier molecular flexibility index (Phi) is 3.35. The number of H-pyrrole nitrogens is 1. The molecule has 0 fully saturated rings. The molecule has 1 aromatic heterocycles. The standard InChI is InChI=1S/C9H13FN2O2/c1-5(4-14-3)8-11-6(2)7(10)9(13)12-8/h5H,4H2,1-3H3,(H,11,12,13). The highest BCUT2D eigenvalue weighted by molar-refractivity contribution is 5.06. The summed E-state index contributed by atoms with van der Waals surface area (Å²) in [4.78, 5) is 17.4. The molecule has 0 radical (unpaired) electrons. The predicted octanol–water partition coefficient (Wildman–Crippen LogP) is 0.967. The summed E-state index contributed by atoms with van der Waals surface area (Å²) in [5.41, 5.74) is -0.609. The van der Waals surface area contributed by atoms with Gasteiger partial charge in [0.15, 0.2) is 0 Å². The van der Waals surface area contributed by atoms with Gasteiger partial charge in [-0.3, -0.25) is 4.79 Å². The summed E-state index contributed by atoms with van der Waals surface area (Å²) >= 11 is 0. The first kappa shape index (κ1) is 10.8. The molecule has 1 atom stereocenters. The fourth-order valence-electron chi connectivity index (χ4n) is 1.16. The summed E-state index contributed by atoms with van der Waals surface area (Å²) < 4.78 is 17.8. The molecule has 1 rings (SSSR count). The van der Waals surface area contributed by atoms with Crippen LogP contribution in [0.1, 0.15) is 24.4 Å². The molecular weight excluding hydrogens is 187 g/mol. The van der Waals surface area contributed by atoms with Crippen LogP contribution in [0.4, 0.5) is 4.39 Å². The molecule has 1 unspecified atom stereocenters. The summed E-state index contributed by atoms with van der Waals surface area (Å²) in [5.74, 6) is -0.416. The zero-order valence-corrected chi connectivity index (χ0v) is 8.43. The minimum atomic E-state index is -0.821. The Morgan fingerprint density at radius 2 is 2.29 bits per heavy atom. The Bertz CT molecular complexity index is 376. The molecule has 1 aromatic rings. The van der Waals surface area contributed by atoms with Gasteiger partial charge in [-0.25, -0.2) is 4.98 Å². The molecule has 14 heavy (non-hydrogen) atoms. The van der Waals surface area contributed by atoms with Crippen molar-refractivity contribution in [1.82, 2.24) is 9.97 Å². The van der Waals surface area contributed by atoms with E-state index in [-0.39, 0.29) is 11.6 Å². The number of rotatable bonds is 3. The Balaban J connectivity index is 3.06. The first-order valence-electron chi connectivity index (χ1n) is 4.31. The Labute approximate surface area is 81.1 Å². The lowest BCUT2D eigenvalue weighted by Gasteiger charge is -2.09. The zero-order valence-electron chi connectivity index (χ0n) is 8.43. The van der Waals surface area contributed by atoms with Crippen molar-refractivity contribution in [1.29, 1.82) is 0 Å². The van der Waals surface area contributed by atoms with E-state index in [9.17, 15) is 9.18 Å². The maximum Gasteiger partial charge on any atom is 0.287 e. The first-order valence-corrected chi connectivity index (χ1v) is 4.31. The van der Waals surface area contributed by atoms with Crippen LogP contribution in [0.25, 0.3) is 0 Å². The van der Waals surface area contributed by atoms with E-state index in [1.54, 1.807) is 7.11 Å². The molecule has 0 aliphatic rings. The van der Waals surface area contributed by atoms with E-state index in [4.69, 9.17) is 4.74 Å². The number of methoxy groups -OCH3 is 1. The fourth-order valence-corrected chi connectivity index (χ4v) is 1.16. The molecule has 0 aromatic carbocycles. The van der Waals surface area contributed by atoms with Gasteiger partial charge in [0.2, 0.25) is 5.82 Å². The monoisotopic (exact) mass is 200 g/mol. The van der Waals surface area contributed by atoms with E-state index in [0.717, 1.165) is 0 Å². The van der Waals surface area contributed by atoms with E-state index in [1.807, 2.05) is 6.92 Å². The van der Waals surface area contributed by atoms with Gasteiger partial charge >= 0.3 is 0 Å². The lowest BCUT2D eigenvalue weighted by molar-refractivity contribution is 0.181. The largest absolute Gasteiger partial charge is 0.384 e. The molecule has 0 spiro atoms. The van der Waals surface area contributed by atoms with Crippen molar-refractivity contribution < 1.29 is 9.13 Å². The third kappa shape index (κ3) is 2.17. The molecule has 0 saturated carbocycles. The molecule has 0 amide bonds. The molecule has 1 heterocycles. The number of halogens is 1. The Hall–Kier alpha value is -1.23. The lowest BCUT2D eigenvalue weighted by Crippen LogP contribution is -2.20. The quantitative estimate of drug-likeness (QED) is 0.790. The topological polar surface area (TPSA) is 55.0 Å². The predicted molar refractivity (Wildman–Crippen MR) is 49.8 cm³/mol. The molecule has 4 nitrogen and oxygen atoms in total. The normalized spacial score (nSPS) is 12.9. The average Bonchev–Trinajstić information content (AvgIpc) is 2.13. The van der Waals surface area contributed by atoms with Crippen LogP contribution in [0.2, 0.25) is 0 Å². The Morgan fingerprint density at radius 3 is 2.79 bits per heavy atom. The molecule has 5 heteroatoms. The second-order valence-electron chi connectivity index (χ2n) is 3.21. The fraction of sp³-hybridized carbons (Fsp3) is 0.556. The number of hydrogen-bond donors (Lipinski definition) is 1. The SMILES string of the molecule is COCC(C)c1nc(C)c(F)c(=O)[nH]1. The third-order valence-electron chi connectivity index (χ3n) is 1.93. The second kappa shape index (κ2) is 4.32. The highest BCUT2D eigenvalue weighted by Gasteiger charge is 2.12. The lowest BCUT2D eigenvalue weighted by atomic mass is 10.2. The highest BCUT2D eigenvalue weighted by atomic mass is 19.1. The summed E-state index contributed by atoms with van der Waals surface area (Å²) in [6.07, 6.45) is 0. The van der Waals surface area contributed by atoms with Crippen molar-refractivity contribution >= 4 is 0 Å². The minimum Gasteiger partial charge on any atom is -0.384 e. The first-order chi connectivity index (χ1) is 6.56. The number of aromatic amines is 1. The number of nitrogens with one attached hydrogen (secondary N) is 1. The maximum atomic E-state index is 12.9. The average molecular weight is 200 g/mol. The molecule has 0 bridgehead atoms. The van der Waals surface area contributed by atoms with Crippen LogP contribution >= 0.6 is 0 Å². The molecule has 78 valence electrons. The maximum absolute atomic E-state index is 12.9. The zero-order chi connectivity index (χ0) is 10.7. The number of aryl methyl sites for hydroxylation is 1. The summed E-state index contributed by atoms with van der Waals surface area (Å²) in [6.45, 7) is 3.75. The van der Waals surface area contributed by atoms with E-state index >= 15 is 0 Å². The minimum absolute atomic E-state index is 0.0491. The van der Waals surface area contributed by atoms with Gasteiger partial charge in [-0.05, 0) is 6.92 Å². The number of ether oxygens (including phenoxy) is 1. The molecule has 0 aliphatic heterocycles. The van der Waals surface area contributed by atoms with E-state index in [1.165, 1.54) is 6.92 Å². The summed E-state index contributed by atoms with van der Waals surface area (Å²) in [7, 11) is 1.56. The van der Waals surface area contributed by atoms with Crippen molar-refractivity contribution in [3.05, 3.63) is 27.7 Å². The van der Waals surface area contributed by atoms with Gasteiger partial charge in [-0.15, -0.1) is 0 Å². The van der Waals surface area contributed by atoms with E-state index in [0.29, 0.717) is 12.4 Å².